The van der Waals surface area contributed by atoms with E-state index in [1.165, 1.54) is 38.9 Å². The average Bonchev–Trinajstić information content (AvgIpc) is 3.25. The molecule has 5 aliphatic carbocycles. The summed E-state index contributed by atoms with van der Waals surface area (Å²) in [5.74, 6) is 2.05. The number of hydrogen-bond acceptors (Lipinski definition) is 3. The molecule has 2 N–H and O–H groups in total. The summed E-state index contributed by atoms with van der Waals surface area (Å²) in [7, 11) is 0. The van der Waals surface area contributed by atoms with E-state index >= 15 is 0 Å². The Labute approximate surface area is 251 Å². The maximum atomic E-state index is 6.62. The molecule has 212 valence electrons. The quantitative estimate of drug-likeness (QED) is 0.358. The van der Waals surface area contributed by atoms with Crippen molar-refractivity contribution >= 4 is 17.0 Å². The Bertz CT molecular complexity index is 1970. The summed E-state index contributed by atoms with van der Waals surface area (Å²) in [5, 5.41) is 1.32. The number of para-hydroxylation sites is 2. The first-order valence-corrected chi connectivity index (χ1v) is 15.7. The van der Waals surface area contributed by atoms with Gasteiger partial charge in [0.25, 0.3) is 0 Å². The lowest BCUT2D eigenvalue weighted by atomic mass is 9.74. The minimum atomic E-state index is -0.270. The van der Waals surface area contributed by atoms with Gasteiger partial charge in [-0.15, -0.1) is 0 Å². The van der Waals surface area contributed by atoms with Crippen LogP contribution in [0.3, 0.4) is 0 Å². The van der Waals surface area contributed by atoms with Crippen molar-refractivity contribution in [2.24, 2.45) is 17.6 Å². The molecule has 2 aliphatic heterocycles. The van der Waals surface area contributed by atoms with E-state index in [9.17, 15) is 0 Å². The number of benzene rings is 2. The fraction of sp³-hybridized carbons (Fsp3) is 0.282. The van der Waals surface area contributed by atoms with Crippen LogP contribution in [-0.2, 0) is 10.2 Å². The Hall–Kier alpha value is -4.28. The van der Waals surface area contributed by atoms with Crippen LogP contribution in [0, 0.1) is 11.8 Å². The molecule has 7 unspecified atom stereocenters. The normalized spacial score (nSPS) is 36.9. The van der Waals surface area contributed by atoms with Crippen LogP contribution in [0.25, 0.3) is 17.0 Å². The van der Waals surface area contributed by atoms with Crippen LogP contribution in [0.1, 0.15) is 48.5 Å². The molecule has 43 heavy (non-hydrogen) atoms. The summed E-state index contributed by atoms with van der Waals surface area (Å²) in [5.41, 5.74) is 15.2. The molecule has 0 bridgehead atoms. The molecular formula is C39H34N2O2. The number of rotatable bonds is 3. The van der Waals surface area contributed by atoms with Gasteiger partial charge in [-0.05, 0) is 49.1 Å². The maximum absolute atomic E-state index is 6.62. The van der Waals surface area contributed by atoms with Gasteiger partial charge in [-0.1, -0.05) is 97.2 Å². The van der Waals surface area contributed by atoms with E-state index in [1.54, 1.807) is 0 Å². The second kappa shape index (κ2) is 8.21. The third-order valence-electron chi connectivity index (χ3n) is 11.3. The topological polar surface area (TPSA) is 49.4 Å². The summed E-state index contributed by atoms with van der Waals surface area (Å²) < 4.78 is 15.8. The van der Waals surface area contributed by atoms with E-state index in [4.69, 9.17) is 15.2 Å². The first-order valence-electron chi connectivity index (χ1n) is 15.7. The molecule has 2 fully saturated rings. The number of nitrogens with two attached hydrogens (primary N) is 1. The Morgan fingerprint density at radius 2 is 1.86 bits per heavy atom. The zero-order valence-electron chi connectivity index (χ0n) is 24.2. The van der Waals surface area contributed by atoms with Gasteiger partial charge in [-0.25, -0.2) is 0 Å². The van der Waals surface area contributed by atoms with E-state index in [-0.39, 0.29) is 29.3 Å². The minimum Gasteiger partial charge on any atom is -0.488 e. The lowest BCUT2D eigenvalue weighted by Crippen LogP contribution is -2.32. The summed E-state index contributed by atoms with van der Waals surface area (Å²) in [4.78, 5) is 0. The van der Waals surface area contributed by atoms with Crippen LogP contribution < -0.4 is 10.5 Å². The molecule has 10 rings (SSSR count). The van der Waals surface area contributed by atoms with Crippen molar-refractivity contribution in [1.29, 1.82) is 0 Å². The number of aromatic nitrogens is 1. The highest BCUT2D eigenvalue weighted by Gasteiger charge is 2.73. The lowest BCUT2D eigenvalue weighted by Gasteiger charge is -2.33. The highest BCUT2D eigenvalue weighted by atomic mass is 16.5. The van der Waals surface area contributed by atoms with Crippen molar-refractivity contribution in [3.05, 3.63) is 143 Å². The molecule has 8 atom stereocenters. The lowest BCUT2D eigenvalue weighted by molar-refractivity contribution is 0.0135. The Kier molecular flexibility index (Phi) is 4.62. The third-order valence-corrected chi connectivity index (χ3v) is 11.3. The molecule has 4 heteroatoms. The van der Waals surface area contributed by atoms with E-state index in [2.05, 4.69) is 127 Å². The van der Waals surface area contributed by atoms with Gasteiger partial charge in [0.2, 0.25) is 0 Å². The fourth-order valence-electron chi connectivity index (χ4n) is 9.29. The van der Waals surface area contributed by atoms with Gasteiger partial charge in [0.15, 0.2) is 0 Å². The molecule has 1 saturated heterocycles. The Morgan fingerprint density at radius 1 is 1.00 bits per heavy atom. The van der Waals surface area contributed by atoms with Gasteiger partial charge < -0.3 is 19.8 Å². The predicted octanol–water partition coefficient (Wildman–Crippen LogP) is 7.58. The largest absolute Gasteiger partial charge is 0.488 e. The smallest absolute Gasteiger partial charge is 0.124 e. The summed E-state index contributed by atoms with van der Waals surface area (Å²) >= 11 is 0. The molecule has 3 aromatic rings. The van der Waals surface area contributed by atoms with Crippen molar-refractivity contribution < 1.29 is 9.47 Å². The highest BCUT2D eigenvalue weighted by molar-refractivity contribution is 5.94. The SMILES string of the molecule is CC12C=CC(CC3=CC(N)=CCC3n3c4c(c5ccccc53)C=CC35c6ccccc6OC3C45)=C[C@H]1C1C=CC=CC1O2. The van der Waals surface area contributed by atoms with E-state index in [0.717, 1.165) is 24.3 Å². The first kappa shape index (κ1) is 24.2. The standard InChI is InChI=1S/C39H34N2O2/c1-38-18-16-23(21-30(38)28-9-3-6-12-33(28)43-38)20-24-22-25(40)14-15-31(24)41-32-11-5-2-8-26(32)27-17-19-39-29-10-4-7-13-34(29)42-37(39)35(39)36(27)41/h2-14,16-19,21-22,28,30-31,33,35,37H,15,20,40H2,1H3/t28?,30-,31?,33?,35?,37?,38?,39?/m0/s1. The van der Waals surface area contributed by atoms with Crippen LogP contribution >= 0.6 is 0 Å². The summed E-state index contributed by atoms with van der Waals surface area (Å²) in [6.07, 6.45) is 27.2. The zero-order chi connectivity index (χ0) is 28.5. The second-order valence-electron chi connectivity index (χ2n) is 13.5. The van der Waals surface area contributed by atoms with Crippen LogP contribution in [0.5, 0.6) is 5.75 Å². The Balaban J connectivity index is 1.07. The summed E-state index contributed by atoms with van der Waals surface area (Å²) in [6, 6.07) is 17.7. The molecule has 2 aromatic carbocycles. The zero-order valence-corrected chi connectivity index (χ0v) is 24.2. The van der Waals surface area contributed by atoms with E-state index < -0.39 is 0 Å². The average molecular weight is 563 g/mol. The number of ether oxygens (including phenoxy) is 2. The van der Waals surface area contributed by atoms with Gasteiger partial charge in [-0.3, -0.25) is 0 Å². The maximum Gasteiger partial charge on any atom is 0.124 e. The van der Waals surface area contributed by atoms with Gasteiger partial charge in [0.1, 0.15) is 11.9 Å². The van der Waals surface area contributed by atoms with E-state index in [0.29, 0.717) is 17.8 Å². The fourth-order valence-corrected chi connectivity index (χ4v) is 9.29. The van der Waals surface area contributed by atoms with Crippen LogP contribution in [-0.4, -0.2) is 22.4 Å². The number of fused-ring (bicyclic) bond motifs is 9. The van der Waals surface area contributed by atoms with Crippen molar-refractivity contribution in [2.75, 3.05) is 0 Å². The first-order chi connectivity index (χ1) is 21.0. The van der Waals surface area contributed by atoms with Gasteiger partial charge >= 0.3 is 0 Å². The molecule has 4 nitrogen and oxygen atoms in total. The van der Waals surface area contributed by atoms with Gasteiger partial charge in [0, 0.05) is 45.3 Å². The molecule has 1 saturated carbocycles. The van der Waals surface area contributed by atoms with Crippen LogP contribution in [0.2, 0.25) is 0 Å². The summed E-state index contributed by atoms with van der Waals surface area (Å²) in [6.45, 7) is 2.24. The minimum absolute atomic E-state index is 0.0663. The van der Waals surface area contributed by atoms with Gasteiger partial charge in [0.05, 0.1) is 29.1 Å². The molecule has 0 amide bonds. The van der Waals surface area contributed by atoms with E-state index in [1.807, 2.05) is 0 Å². The van der Waals surface area contributed by atoms with Crippen molar-refractivity contribution in [3.63, 3.8) is 0 Å². The van der Waals surface area contributed by atoms with Crippen molar-refractivity contribution in [2.45, 2.75) is 54.9 Å². The monoisotopic (exact) mass is 562 g/mol. The van der Waals surface area contributed by atoms with Crippen molar-refractivity contribution in [1.82, 2.24) is 4.57 Å². The highest BCUT2D eigenvalue weighted by Crippen LogP contribution is 2.71. The third kappa shape index (κ3) is 3.09. The molecule has 1 aromatic heterocycles. The van der Waals surface area contributed by atoms with Crippen molar-refractivity contribution in [3.8, 4) is 5.75 Å². The molecular weight excluding hydrogens is 528 g/mol. The van der Waals surface area contributed by atoms with Crippen LogP contribution in [0.15, 0.2) is 126 Å². The number of allylic oxidation sites excluding steroid dienone is 7. The van der Waals surface area contributed by atoms with Crippen LogP contribution in [0.4, 0.5) is 0 Å². The number of hydrogen-bond donors (Lipinski definition) is 1. The van der Waals surface area contributed by atoms with Gasteiger partial charge in [-0.2, -0.15) is 0 Å². The predicted molar refractivity (Wildman–Crippen MR) is 171 cm³/mol. The molecule has 3 heterocycles. The Morgan fingerprint density at radius 3 is 2.81 bits per heavy atom. The molecule has 1 spiro atoms. The molecule has 0 radical (unpaired) electrons. The number of nitrogens with zero attached hydrogens (tertiary/aromatic N) is 1. The second-order valence-corrected chi connectivity index (χ2v) is 13.5. The molecule has 7 aliphatic rings.